The third-order valence-corrected chi connectivity index (χ3v) is 2.68. The van der Waals surface area contributed by atoms with Crippen LogP contribution in [-0.2, 0) is 19.1 Å². The molecule has 3 atom stereocenters. The number of carbonyl (C=O) groups excluding carboxylic acids is 2. The van der Waals surface area contributed by atoms with Gasteiger partial charge >= 0.3 is 5.97 Å². The number of amides is 2. The van der Waals surface area contributed by atoms with Gasteiger partial charge in [-0.25, -0.2) is 4.79 Å². The lowest BCUT2D eigenvalue weighted by Crippen LogP contribution is -2.47. The minimum Gasteiger partial charge on any atom is -0.480 e. The fraction of sp³-hybridized carbons (Fsp3) is 0.700. The molecule has 102 valence electrons. The first-order valence-electron chi connectivity index (χ1n) is 5.61. The standard InChI is InChI=1S/C10H17N3O5/c11-4-5-1-2-7(18-5)9(15)13-6(10(16)17)3-8(12)14/h5-7H,1-4,11H2,(H2,12,14)(H,13,15)(H,16,17)/t5?,6-,7?/m0/s1. The number of ether oxygens (including phenoxy) is 1. The maximum atomic E-state index is 11.7. The molecule has 8 heteroatoms. The van der Waals surface area contributed by atoms with Crippen molar-refractivity contribution in [2.45, 2.75) is 37.5 Å². The average molecular weight is 259 g/mol. The zero-order valence-corrected chi connectivity index (χ0v) is 9.80. The van der Waals surface area contributed by atoms with E-state index in [0.29, 0.717) is 19.4 Å². The second-order valence-electron chi connectivity index (χ2n) is 4.13. The summed E-state index contributed by atoms with van der Waals surface area (Å²) in [4.78, 5) is 33.2. The molecule has 2 amide bonds. The lowest BCUT2D eigenvalue weighted by atomic mass is 10.1. The van der Waals surface area contributed by atoms with Crippen LogP contribution in [-0.4, -0.2) is 47.7 Å². The Morgan fingerprint density at radius 2 is 2.06 bits per heavy atom. The molecule has 2 unspecified atom stereocenters. The van der Waals surface area contributed by atoms with E-state index in [1.54, 1.807) is 0 Å². The van der Waals surface area contributed by atoms with Crippen LogP contribution in [0, 0.1) is 0 Å². The molecular formula is C10H17N3O5. The maximum absolute atomic E-state index is 11.7. The predicted octanol–water partition coefficient (Wildman–Crippen LogP) is -2.06. The molecule has 18 heavy (non-hydrogen) atoms. The van der Waals surface area contributed by atoms with Crippen molar-refractivity contribution < 1.29 is 24.2 Å². The summed E-state index contributed by atoms with van der Waals surface area (Å²) in [5, 5.41) is 11.1. The van der Waals surface area contributed by atoms with Crippen molar-refractivity contribution in [2.24, 2.45) is 11.5 Å². The highest BCUT2D eigenvalue weighted by Gasteiger charge is 2.32. The third-order valence-electron chi connectivity index (χ3n) is 2.68. The van der Waals surface area contributed by atoms with Crippen LogP contribution < -0.4 is 16.8 Å². The fourth-order valence-electron chi connectivity index (χ4n) is 1.74. The molecule has 0 radical (unpaired) electrons. The number of carboxylic acid groups (broad SMARTS) is 1. The number of hydrogen-bond acceptors (Lipinski definition) is 5. The zero-order chi connectivity index (χ0) is 13.7. The first kappa shape index (κ1) is 14.4. The van der Waals surface area contributed by atoms with Crippen molar-refractivity contribution in [3.05, 3.63) is 0 Å². The summed E-state index contributed by atoms with van der Waals surface area (Å²) < 4.78 is 5.31. The van der Waals surface area contributed by atoms with Crippen LogP contribution in [0.5, 0.6) is 0 Å². The van der Waals surface area contributed by atoms with E-state index >= 15 is 0 Å². The molecule has 8 nitrogen and oxygen atoms in total. The monoisotopic (exact) mass is 259 g/mol. The number of primary amides is 1. The van der Waals surface area contributed by atoms with Crippen LogP contribution >= 0.6 is 0 Å². The van der Waals surface area contributed by atoms with Gasteiger partial charge in [0.15, 0.2) is 0 Å². The Balaban J connectivity index is 2.51. The molecule has 0 aromatic heterocycles. The van der Waals surface area contributed by atoms with E-state index in [1.807, 2.05) is 0 Å². The Bertz CT molecular complexity index is 346. The van der Waals surface area contributed by atoms with Gasteiger partial charge < -0.3 is 26.6 Å². The number of hydrogen-bond donors (Lipinski definition) is 4. The van der Waals surface area contributed by atoms with Crippen molar-refractivity contribution in [1.82, 2.24) is 5.32 Å². The van der Waals surface area contributed by atoms with E-state index in [2.05, 4.69) is 5.32 Å². The van der Waals surface area contributed by atoms with Crippen LogP contribution in [0.15, 0.2) is 0 Å². The van der Waals surface area contributed by atoms with Crippen LogP contribution in [0.3, 0.4) is 0 Å². The molecule has 0 aromatic carbocycles. The van der Waals surface area contributed by atoms with Gasteiger partial charge in [0.2, 0.25) is 11.8 Å². The van der Waals surface area contributed by atoms with Gasteiger partial charge in [-0.3, -0.25) is 9.59 Å². The molecule has 0 spiro atoms. The second-order valence-corrected chi connectivity index (χ2v) is 4.13. The lowest BCUT2D eigenvalue weighted by Gasteiger charge is -2.16. The van der Waals surface area contributed by atoms with E-state index in [-0.39, 0.29) is 6.10 Å². The number of carboxylic acids is 1. The highest BCUT2D eigenvalue weighted by molar-refractivity contribution is 5.89. The summed E-state index contributed by atoms with van der Waals surface area (Å²) in [7, 11) is 0. The topological polar surface area (TPSA) is 145 Å². The van der Waals surface area contributed by atoms with Gasteiger partial charge in [-0.15, -0.1) is 0 Å². The average Bonchev–Trinajstić information content (AvgIpc) is 2.75. The van der Waals surface area contributed by atoms with E-state index in [1.165, 1.54) is 0 Å². The van der Waals surface area contributed by atoms with E-state index < -0.39 is 36.4 Å². The van der Waals surface area contributed by atoms with Crippen LogP contribution in [0.2, 0.25) is 0 Å². The van der Waals surface area contributed by atoms with Gasteiger partial charge in [0.05, 0.1) is 12.5 Å². The molecule has 6 N–H and O–H groups in total. The van der Waals surface area contributed by atoms with Gasteiger partial charge in [-0.1, -0.05) is 0 Å². The van der Waals surface area contributed by atoms with Crippen molar-refractivity contribution in [1.29, 1.82) is 0 Å². The molecule has 1 saturated heterocycles. The molecule has 1 rings (SSSR count). The summed E-state index contributed by atoms with van der Waals surface area (Å²) in [5.41, 5.74) is 10.3. The first-order valence-corrected chi connectivity index (χ1v) is 5.61. The Labute approximate surface area is 104 Å². The molecule has 1 fully saturated rings. The maximum Gasteiger partial charge on any atom is 0.326 e. The van der Waals surface area contributed by atoms with Gasteiger partial charge in [0.25, 0.3) is 0 Å². The SMILES string of the molecule is NCC1CCC(C(=O)N[C@@H](CC(N)=O)C(=O)O)O1. The van der Waals surface area contributed by atoms with Crippen LogP contribution in [0.25, 0.3) is 0 Å². The highest BCUT2D eigenvalue weighted by Crippen LogP contribution is 2.19. The smallest absolute Gasteiger partial charge is 0.326 e. The quantitative estimate of drug-likeness (QED) is 0.431. The normalized spacial score (nSPS) is 24.5. The summed E-state index contributed by atoms with van der Waals surface area (Å²) >= 11 is 0. The fourth-order valence-corrected chi connectivity index (χ4v) is 1.74. The summed E-state index contributed by atoms with van der Waals surface area (Å²) in [6.07, 6.45) is -0.208. The molecular weight excluding hydrogens is 242 g/mol. The van der Waals surface area contributed by atoms with Crippen molar-refractivity contribution >= 4 is 17.8 Å². The number of aliphatic carboxylic acids is 1. The van der Waals surface area contributed by atoms with Gasteiger partial charge in [0, 0.05) is 6.54 Å². The largest absolute Gasteiger partial charge is 0.480 e. The van der Waals surface area contributed by atoms with E-state index in [0.717, 1.165) is 0 Å². The number of rotatable bonds is 6. The number of nitrogens with one attached hydrogen (secondary N) is 1. The number of nitrogens with two attached hydrogens (primary N) is 2. The van der Waals surface area contributed by atoms with Crippen molar-refractivity contribution in [3.63, 3.8) is 0 Å². The van der Waals surface area contributed by atoms with Crippen molar-refractivity contribution in [2.75, 3.05) is 6.54 Å². The van der Waals surface area contributed by atoms with Crippen LogP contribution in [0.1, 0.15) is 19.3 Å². The Morgan fingerprint density at radius 1 is 1.39 bits per heavy atom. The minimum atomic E-state index is -1.32. The minimum absolute atomic E-state index is 0.180. The molecule has 0 bridgehead atoms. The summed E-state index contributed by atoms with van der Waals surface area (Å²) in [6.45, 7) is 0.313. The van der Waals surface area contributed by atoms with Gasteiger partial charge in [-0.05, 0) is 12.8 Å². The molecule has 1 aliphatic heterocycles. The van der Waals surface area contributed by atoms with Crippen molar-refractivity contribution in [3.8, 4) is 0 Å². The number of carbonyl (C=O) groups is 3. The molecule has 0 saturated carbocycles. The molecule has 0 aromatic rings. The Hall–Kier alpha value is -1.67. The van der Waals surface area contributed by atoms with Gasteiger partial charge in [0.1, 0.15) is 12.1 Å². The summed E-state index contributed by atoms with van der Waals surface area (Å²) in [5.74, 6) is -2.66. The highest BCUT2D eigenvalue weighted by atomic mass is 16.5. The predicted molar refractivity (Wildman–Crippen MR) is 60.3 cm³/mol. The van der Waals surface area contributed by atoms with Gasteiger partial charge in [-0.2, -0.15) is 0 Å². The molecule has 0 aliphatic carbocycles. The molecule has 1 heterocycles. The third kappa shape index (κ3) is 3.97. The van der Waals surface area contributed by atoms with Crippen LogP contribution in [0.4, 0.5) is 0 Å². The Morgan fingerprint density at radius 3 is 2.50 bits per heavy atom. The lowest BCUT2D eigenvalue weighted by molar-refractivity contribution is -0.145. The second kappa shape index (κ2) is 6.31. The zero-order valence-electron chi connectivity index (χ0n) is 9.80. The molecule has 1 aliphatic rings. The van der Waals surface area contributed by atoms with E-state index in [4.69, 9.17) is 21.3 Å². The first-order chi connectivity index (χ1) is 8.43. The Kier molecular flexibility index (Phi) is 5.05. The van der Waals surface area contributed by atoms with E-state index in [9.17, 15) is 14.4 Å². The summed E-state index contributed by atoms with van der Waals surface area (Å²) in [6, 6.07) is -1.32.